The molecule has 0 aromatic heterocycles. The first-order valence-corrected chi connectivity index (χ1v) is 8.04. The van der Waals surface area contributed by atoms with Crippen molar-refractivity contribution in [3.8, 4) is 11.5 Å². The van der Waals surface area contributed by atoms with E-state index in [1.54, 1.807) is 7.11 Å². The number of para-hydroxylation sites is 1. The Hall–Kier alpha value is -1.27. The standard InChI is InChI=1S/C17H20INO2/c1-3-15(19)17(14-6-4-5-7-16(14)20-2)21-13-10-8-12(18)9-11-13/h4-11,15,17H,3,19H2,1-2H3. The van der Waals surface area contributed by atoms with Crippen LogP contribution in [0, 0.1) is 3.57 Å². The van der Waals surface area contributed by atoms with Gasteiger partial charge in [0.1, 0.15) is 17.6 Å². The van der Waals surface area contributed by atoms with E-state index >= 15 is 0 Å². The van der Waals surface area contributed by atoms with Crippen LogP contribution in [0.15, 0.2) is 48.5 Å². The van der Waals surface area contributed by atoms with Crippen LogP contribution in [0.2, 0.25) is 0 Å². The highest BCUT2D eigenvalue weighted by atomic mass is 127. The molecular formula is C17H20INO2. The Labute approximate surface area is 139 Å². The molecule has 112 valence electrons. The van der Waals surface area contributed by atoms with E-state index in [2.05, 4.69) is 29.5 Å². The van der Waals surface area contributed by atoms with Gasteiger partial charge in [-0.15, -0.1) is 0 Å². The lowest BCUT2D eigenvalue weighted by Crippen LogP contribution is -2.31. The van der Waals surface area contributed by atoms with Crippen molar-refractivity contribution in [1.29, 1.82) is 0 Å². The molecule has 4 heteroatoms. The fourth-order valence-electron chi connectivity index (χ4n) is 2.16. The van der Waals surface area contributed by atoms with Crippen molar-refractivity contribution in [2.24, 2.45) is 5.73 Å². The molecule has 0 spiro atoms. The third-order valence-corrected chi connectivity index (χ3v) is 4.10. The number of halogens is 1. The topological polar surface area (TPSA) is 44.5 Å². The van der Waals surface area contributed by atoms with Crippen LogP contribution in [0.5, 0.6) is 11.5 Å². The van der Waals surface area contributed by atoms with Gasteiger partial charge in [0.15, 0.2) is 0 Å². The Kier molecular flexibility index (Phi) is 5.87. The van der Waals surface area contributed by atoms with E-state index < -0.39 is 0 Å². The Balaban J connectivity index is 2.32. The number of hydrogen-bond donors (Lipinski definition) is 1. The largest absolute Gasteiger partial charge is 0.496 e. The summed E-state index contributed by atoms with van der Waals surface area (Å²) >= 11 is 2.27. The average molecular weight is 397 g/mol. The molecule has 0 aliphatic rings. The minimum atomic E-state index is -0.230. The third-order valence-electron chi connectivity index (χ3n) is 3.38. The summed E-state index contributed by atoms with van der Waals surface area (Å²) < 4.78 is 12.8. The lowest BCUT2D eigenvalue weighted by molar-refractivity contribution is 0.167. The zero-order valence-electron chi connectivity index (χ0n) is 12.3. The molecular weight excluding hydrogens is 377 g/mol. The van der Waals surface area contributed by atoms with Gasteiger partial charge in [0.05, 0.1) is 7.11 Å². The van der Waals surface area contributed by atoms with Crippen LogP contribution in [0.3, 0.4) is 0 Å². The Morgan fingerprint density at radius 1 is 1.10 bits per heavy atom. The molecule has 0 radical (unpaired) electrons. The molecule has 0 saturated heterocycles. The molecule has 2 aromatic carbocycles. The maximum atomic E-state index is 6.27. The van der Waals surface area contributed by atoms with Crippen molar-refractivity contribution in [3.05, 3.63) is 57.7 Å². The van der Waals surface area contributed by atoms with Crippen LogP contribution in [0.25, 0.3) is 0 Å². The zero-order chi connectivity index (χ0) is 15.2. The molecule has 2 unspecified atom stereocenters. The van der Waals surface area contributed by atoms with Crippen molar-refractivity contribution in [2.45, 2.75) is 25.5 Å². The lowest BCUT2D eigenvalue weighted by Gasteiger charge is -2.26. The number of rotatable bonds is 6. The molecule has 0 fully saturated rings. The van der Waals surface area contributed by atoms with Gasteiger partial charge in [0.25, 0.3) is 0 Å². The monoisotopic (exact) mass is 397 g/mol. The van der Waals surface area contributed by atoms with Crippen molar-refractivity contribution in [3.63, 3.8) is 0 Å². The average Bonchev–Trinajstić information content (AvgIpc) is 2.53. The predicted molar refractivity (Wildman–Crippen MR) is 93.8 cm³/mol. The molecule has 0 aliphatic carbocycles. The summed E-state index contributed by atoms with van der Waals surface area (Å²) in [6.45, 7) is 2.06. The van der Waals surface area contributed by atoms with Gasteiger partial charge >= 0.3 is 0 Å². The molecule has 2 N–H and O–H groups in total. The summed E-state index contributed by atoms with van der Waals surface area (Å²) in [5.74, 6) is 1.62. The first-order valence-electron chi connectivity index (χ1n) is 6.96. The highest BCUT2D eigenvalue weighted by molar-refractivity contribution is 14.1. The SMILES string of the molecule is CCC(N)C(Oc1ccc(I)cc1)c1ccccc1OC. The van der Waals surface area contributed by atoms with Crippen molar-refractivity contribution in [1.82, 2.24) is 0 Å². The van der Waals surface area contributed by atoms with E-state index in [0.717, 1.165) is 23.5 Å². The van der Waals surface area contributed by atoms with E-state index in [1.807, 2.05) is 48.5 Å². The molecule has 0 aliphatic heterocycles. The Morgan fingerprint density at radius 2 is 1.76 bits per heavy atom. The maximum absolute atomic E-state index is 6.27. The minimum absolute atomic E-state index is 0.0967. The maximum Gasteiger partial charge on any atom is 0.142 e. The Morgan fingerprint density at radius 3 is 2.38 bits per heavy atom. The van der Waals surface area contributed by atoms with Crippen LogP contribution in [-0.4, -0.2) is 13.2 Å². The molecule has 3 nitrogen and oxygen atoms in total. The number of methoxy groups -OCH3 is 1. The second-order valence-electron chi connectivity index (χ2n) is 4.81. The highest BCUT2D eigenvalue weighted by Crippen LogP contribution is 2.31. The summed E-state index contributed by atoms with van der Waals surface area (Å²) in [5, 5.41) is 0. The second kappa shape index (κ2) is 7.66. The molecule has 0 bridgehead atoms. The van der Waals surface area contributed by atoms with E-state index in [-0.39, 0.29) is 12.1 Å². The minimum Gasteiger partial charge on any atom is -0.496 e. The third kappa shape index (κ3) is 4.11. The molecule has 2 atom stereocenters. The number of hydrogen-bond acceptors (Lipinski definition) is 3. The van der Waals surface area contributed by atoms with E-state index in [9.17, 15) is 0 Å². The van der Waals surface area contributed by atoms with Crippen LogP contribution in [-0.2, 0) is 0 Å². The lowest BCUT2D eigenvalue weighted by atomic mass is 10.00. The Bertz CT molecular complexity index is 571. The normalized spacial score (nSPS) is 13.5. The van der Waals surface area contributed by atoms with E-state index in [0.29, 0.717) is 0 Å². The van der Waals surface area contributed by atoms with Crippen molar-refractivity contribution in [2.75, 3.05) is 7.11 Å². The van der Waals surface area contributed by atoms with Crippen LogP contribution < -0.4 is 15.2 Å². The summed E-state index contributed by atoms with van der Waals surface area (Å²) in [5.41, 5.74) is 7.25. The predicted octanol–water partition coefficient (Wildman–Crippen LogP) is 4.16. The van der Waals surface area contributed by atoms with Gasteiger partial charge in [-0.25, -0.2) is 0 Å². The van der Waals surface area contributed by atoms with Gasteiger partial charge in [0.2, 0.25) is 0 Å². The van der Waals surface area contributed by atoms with Crippen molar-refractivity contribution >= 4 is 22.6 Å². The molecule has 0 heterocycles. The van der Waals surface area contributed by atoms with E-state index in [1.165, 1.54) is 3.57 Å². The summed E-state index contributed by atoms with van der Waals surface area (Å²) in [6.07, 6.45) is 0.596. The summed E-state index contributed by atoms with van der Waals surface area (Å²) in [4.78, 5) is 0. The summed E-state index contributed by atoms with van der Waals surface area (Å²) in [7, 11) is 1.66. The summed E-state index contributed by atoms with van der Waals surface area (Å²) in [6, 6.07) is 15.7. The van der Waals surface area contributed by atoms with Gasteiger partial charge < -0.3 is 15.2 Å². The highest BCUT2D eigenvalue weighted by Gasteiger charge is 2.23. The van der Waals surface area contributed by atoms with Gasteiger partial charge in [-0.2, -0.15) is 0 Å². The number of nitrogens with two attached hydrogens (primary N) is 1. The molecule has 0 saturated carbocycles. The van der Waals surface area contributed by atoms with E-state index in [4.69, 9.17) is 15.2 Å². The molecule has 2 rings (SSSR count). The molecule has 2 aromatic rings. The zero-order valence-corrected chi connectivity index (χ0v) is 14.4. The van der Waals surface area contributed by atoms with Gasteiger partial charge in [-0.1, -0.05) is 25.1 Å². The molecule has 0 amide bonds. The van der Waals surface area contributed by atoms with Gasteiger partial charge in [-0.3, -0.25) is 0 Å². The molecule has 21 heavy (non-hydrogen) atoms. The second-order valence-corrected chi connectivity index (χ2v) is 6.05. The van der Waals surface area contributed by atoms with Gasteiger partial charge in [0, 0.05) is 15.2 Å². The number of ether oxygens (including phenoxy) is 2. The first-order chi connectivity index (χ1) is 10.2. The quantitative estimate of drug-likeness (QED) is 0.745. The number of benzene rings is 2. The first kappa shape index (κ1) is 16.1. The van der Waals surface area contributed by atoms with Crippen LogP contribution in [0.1, 0.15) is 25.0 Å². The smallest absolute Gasteiger partial charge is 0.142 e. The van der Waals surface area contributed by atoms with Crippen LogP contribution >= 0.6 is 22.6 Å². The fraction of sp³-hybridized carbons (Fsp3) is 0.294. The fourth-order valence-corrected chi connectivity index (χ4v) is 2.52. The van der Waals surface area contributed by atoms with Crippen LogP contribution in [0.4, 0.5) is 0 Å². The van der Waals surface area contributed by atoms with Gasteiger partial charge in [-0.05, 0) is 59.3 Å². The van der Waals surface area contributed by atoms with Crippen molar-refractivity contribution < 1.29 is 9.47 Å².